The number of piperidine rings is 1. The second kappa shape index (κ2) is 9.63. The van der Waals surface area contributed by atoms with Gasteiger partial charge in [0.1, 0.15) is 27.4 Å². The molecule has 12 heteroatoms. The van der Waals surface area contributed by atoms with Gasteiger partial charge in [-0.1, -0.05) is 22.9 Å². The molecule has 1 unspecified atom stereocenters. The van der Waals surface area contributed by atoms with E-state index in [4.69, 9.17) is 16.3 Å². The van der Waals surface area contributed by atoms with Crippen LogP contribution in [0.2, 0.25) is 5.15 Å². The summed E-state index contributed by atoms with van der Waals surface area (Å²) in [6, 6.07) is 6.94. The summed E-state index contributed by atoms with van der Waals surface area (Å²) >= 11 is 7.24. The van der Waals surface area contributed by atoms with E-state index in [0.29, 0.717) is 22.0 Å². The van der Waals surface area contributed by atoms with Crippen LogP contribution in [0.5, 0.6) is 5.19 Å². The van der Waals surface area contributed by atoms with Gasteiger partial charge in [-0.15, -0.1) is 0 Å². The molecule has 4 aromatic heterocycles. The highest BCUT2D eigenvalue weighted by Crippen LogP contribution is 2.32. The molecule has 0 saturated carbocycles. The zero-order valence-electron chi connectivity index (χ0n) is 19.1. The molecule has 0 bridgehead atoms. The highest BCUT2D eigenvalue weighted by atomic mass is 35.5. The molecule has 1 aliphatic heterocycles. The Hall–Kier alpha value is -2.89. The van der Waals surface area contributed by atoms with Crippen molar-refractivity contribution in [1.82, 2.24) is 24.9 Å². The number of fused-ring (bicyclic) bond motifs is 1. The summed E-state index contributed by atoms with van der Waals surface area (Å²) in [4.78, 5) is 24.8. The fourth-order valence-corrected chi connectivity index (χ4v) is 5.61. The fraction of sp³-hybridized carbons (Fsp3) is 0.348. The standard InChI is InChI=1S/C23H23ClN6O3S2/c1-14(15-7-9-30(10-8-15)20-13-25-19(24)12-26-20)33-23-29-18-5-4-17(28-22(18)34-23)16-3-6-21(27-11-16)35(2,31)32/h3-6,11-15H,7-10H2,1-2H3. The first-order chi connectivity index (χ1) is 16.8. The van der Waals surface area contributed by atoms with E-state index >= 15 is 0 Å². The normalized spacial score (nSPS) is 15.9. The fourth-order valence-electron chi connectivity index (χ4n) is 4.08. The number of hydrogen-bond acceptors (Lipinski definition) is 10. The zero-order valence-corrected chi connectivity index (χ0v) is 21.5. The molecule has 0 aliphatic carbocycles. The van der Waals surface area contributed by atoms with Crippen LogP contribution in [0.1, 0.15) is 19.8 Å². The molecule has 0 N–H and O–H groups in total. The van der Waals surface area contributed by atoms with Crippen molar-refractivity contribution in [3.63, 3.8) is 0 Å². The largest absolute Gasteiger partial charge is 0.467 e. The first-order valence-electron chi connectivity index (χ1n) is 11.1. The number of thiazole rings is 1. The van der Waals surface area contributed by atoms with Crippen molar-refractivity contribution in [3.05, 3.63) is 48.0 Å². The van der Waals surface area contributed by atoms with Gasteiger partial charge in [0.15, 0.2) is 14.9 Å². The Labute approximate surface area is 212 Å². The summed E-state index contributed by atoms with van der Waals surface area (Å²) in [5, 5.41) is 1.02. The number of halogens is 1. The van der Waals surface area contributed by atoms with Crippen LogP contribution in [0.25, 0.3) is 21.6 Å². The number of sulfone groups is 1. The van der Waals surface area contributed by atoms with Gasteiger partial charge in [0, 0.05) is 31.1 Å². The lowest BCUT2D eigenvalue weighted by Gasteiger charge is -2.34. The van der Waals surface area contributed by atoms with Crippen LogP contribution in [0.15, 0.2) is 47.9 Å². The third-order valence-electron chi connectivity index (χ3n) is 6.07. The van der Waals surface area contributed by atoms with Crippen molar-refractivity contribution in [3.8, 4) is 16.5 Å². The van der Waals surface area contributed by atoms with E-state index in [-0.39, 0.29) is 11.1 Å². The molecule has 0 spiro atoms. The maximum Gasteiger partial charge on any atom is 0.276 e. The molecule has 0 aromatic carbocycles. The maximum absolute atomic E-state index is 11.6. The van der Waals surface area contributed by atoms with E-state index in [1.54, 1.807) is 18.5 Å². The Morgan fingerprint density at radius 2 is 1.86 bits per heavy atom. The molecule has 0 amide bonds. The van der Waals surface area contributed by atoms with E-state index in [9.17, 15) is 8.42 Å². The minimum Gasteiger partial charge on any atom is -0.467 e. The molecule has 35 heavy (non-hydrogen) atoms. The van der Waals surface area contributed by atoms with Crippen LogP contribution in [-0.4, -0.2) is 58.8 Å². The van der Waals surface area contributed by atoms with Gasteiger partial charge in [-0.2, -0.15) is 0 Å². The SMILES string of the molecule is CC(Oc1nc2ccc(-c3ccc(S(C)(=O)=O)nc3)nc2s1)C1CCN(c2cnc(Cl)cn2)CC1. The molecule has 182 valence electrons. The molecule has 1 aliphatic rings. The Morgan fingerprint density at radius 3 is 2.51 bits per heavy atom. The van der Waals surface area contributed by atoms with Crippen LogP contribution >= 0.6 is 22.9 Å². The number of ether oxygens (including phenoxy) is 1. The number of nitrogens with zero attached hydrogens (tertiary/aromatic N) is 6. The lowest BCUT2D eigenvalue weighted by molar-refractivity contribution is 0.132. The van der Waals surface area contributed by atoms with Gasteiger partial charge in [0.2, 0.25) is 0 Å². The predicted molar refractivity (Wildman–Crippen MR) is 136 cm³/mol. The van der Waals surface area contributed by atoms with Crippen LogP contribution in [0, 0.1) is 5.92 Å². The van der Waals surface area contributed by atoms with Gasteiger partial charge >= 0.3 is 0 Å². The third-order valence-corrected chi connectivity index (χ3v) is 8.12. The van der Waals surface area contributed by atoms with Crippen LogP contribution < -0.4 is 9.64 Å². The molecule has 1 fully saturated rings. The summed E-state index contributed by atoms with van der Waals surface area (Å²) < 4.78 is 29.5. The molecular weight excluding hydrogens is 508 g/mol. The number of aromatic nitrogens is 5. The molecule has 5 rings (SSSR count). The zero-order chi connectivity index (χ0) is 24.6. The highest BCUT2D eigenvalue weighted by Gasteiger charge is 2.26. The summed E-state index contributed by atoms with van der Waals surface area (Å²) in [5.74, 6) is 1.25. The summed E-state index contributed by atoms with van der Waals surface area (Å²) in [6.45, 7) is 3.85. The lowest BCUT2D eigenvalue weighted by atomic mass is 9.92. The van der Waals surface area contributed by atoms with E-state index in [1.165, 1.54) is 23.6 Å². The molecule has 5 heterocycles. The summed E-state index contributed by atoms with van der Waals surface area (Å²) in [6.07, 6.45) is 7.92. The molecule has 1 saturated heterocycles. The molecule has 1 atom stereocenters. The first kappa shape index (κ1) is 23.8. The molecular formula is C23H23ClN6O3S2. The van der Waals surface area contributed by atoms with Crippen molar-refractivity contribution in [2.75, 3.05) is 24.2 Å². The minimum atomic E-state index is -3.34. The Bertz CT molecular complexity index is 1440. The van der Waals surface area contributed by atoms with Gasteiger partial charge in [-0.25, -0.2) is 33.3 Å². The van der Waals surface area contributed by atoms with Gasteiger partial charge < -0.3 is 9.64 Å². The Kier molecular flexibility index (Phi) is 6.56. The Balaban J connectivity index is 1.24. The van der Waals surface area contributed by atoms with Crippen molar-refractivity contribution < 1.29 is 13.2 Å². The van der Waals surface area contributed by atoms with E-state index in [2.05, 4.69) is 36.7 Å². The van der Waals surface area contributed by atoms with Crippen LogP contribution in [0.3, 0.4) is 0 Å². The van der Waals surface area contributed by atoms with Crippen molar-refractivity contribution in [2.45, 2.75) is 30.9 Å². The summed E-state index contributed by atoms with van der Waals surface area (Å²) in [7, 11) is -3.34. The number of anilines is 1. The van der Waals surface area contributed by atoms with Gasteiger partial charge in [0.05, 0.1) is 18.1 Å². The molecule has 4 aromatic rings. The van der Waals surface area contributed by atoms with Crippen molar-refractivity contribution in [1.29, 1.82) is 0 Å². The second-order valence-electron chi connectivity index (χ2n) is 8.50. The smallest absolute Gasteiger partial charge is 0.276 e. The van der Waals surface area contributed by atoms with Gasteiger partial charge in [0.25, 0.3) is 5.19 Å². The second-order valence-corrected chi connectivity index (χ2v) is 11.8. The number of pyridine rings is 2. The van der Waals surface area contributed by atoms with E-state index in [0.717, 1.165) is 53.9 Å². The van der Waals surface area contributed by atoms with Crippen molar-refractivity contribution in [2.24, 2.45) is 5.92 Å². The van der Waals surface area contributed by atoms with Crippen molar-refractivity contribution >= 4 is 48.9 Å². The van der Waals surface area contributed by atoms with Crippen LogP contribution in [0.4, 0.5) is 5.82 Å². The quantitative estimate of drug-likeness (QED) is 0.360. The summed E-state index contributed by atoms with van der Waals surface area (Å²) in [5.41, 5.74) is 2.20. The topological polar surface area (TPSA) is 111 Å². The molecule has 0 radical (unpaired) electrons. The van der Waals surface area contributed by atoms with Crippen LogP contribution in [-0.2, 0) is 9.84 Å². The lowest BCUT2D eigenvalue weighted by Crippen LogP contribution is -2.39. The molecule has 9 nitrogen and oxygen atoms in total. The van der Waals surface area contributed by atoms with Gasteiger partial charge in [-0.05, 0) is 49.9 Å². The van der Waals surface area contributed by atoms with Gasteiger partial charge in [-0.3, -0.25) is 0 Å². The van der Waals surface area contributed by atoms with E-state index < -0.39 is 9.84 Å². The Morgan fingerprint density at radius 1 is 1.06 bits per heavy atom. The number of hydrogen-bond donors (Lipinski definition) is 0. The highest BCUT2D eigenvalue weighted by molar-refractivity contribution is 7.90. The first-order valence-corrected chi connectivity index (χ1v) is 14.2. The predicted octanol–water partition coefficient (Wildman–Crippen LogP) is 4.28. The van der Waals surface area contributed by atoms with E-state index in [1.807, 2.05) is 12.1 Å². The third kappa shape index (κ3) is 5.36. The average Bonchev–Trinajstić information content (AvgIpc) is 3.25. The number of rotatable bonds is 6. The minimum absolute atomic E-state index is 0.0150. The average molecular weight is 531 g/mol. The maximum atomic E-state index is 11.6. The monoisotopic (exact) mass is 530 g/mol.